The van der Waals surface area contributed by atoms with Crippen molar-refractivity contribution in [2.24, 2.45) is 5.73 Å². The smallest absolute Gasteiger partial charge is 0.269 e. The van der Waals surface area contributed by atoms with E-state index in [0.717, 1.165) is 10.1 Å². The van der Waals surface area contributed by atoms with Crippen LogP contribution in [0.5, 0.6) is 0 Å². The van der Waals surface area contributed by atoms with Gasteiger partial charge in [0.05, 0.1) is 22.5 Å². The molecule has 31 heavy (non-hydrogen) atoms. The molecule has 1 aliphatic heterocycles. The van der Waals surface area contributed by atoms with Gasteiger partial charge in [0.25, 0.3) is 5.69 Å². The highest BCUT2D eigenvalue weighted by Crippen LogP contribution is 2.47. The molecular formula is C20H18N6O3S2. The number of benzene rings is 1. The number of carbonyl (C=O) groups is 1. The van der Waals surface area contributed by atoms with E-state index in [4.69, 9.17) is 5.73 Å². The van der Waals surface area contributed by atoms with Gasteiger partial charge < -0.3 is 5.73 Å². The number of thioether (sulfide) groups is 1. The molecule has 158 valence electrons. The molecule has 0 saturated carbocycles. The first-order chi connectivity index (χ1) is 15.0. The Morgan fingerprint density at radius 2 is 2.23 bits per heavy atom. The number of ketones is 1. The Hall–Kier alpha value is -3.23. The van der Waals surface area contributed by atoms with Crippen LogP contribution >= 0.6 is 23.1 Å². The molecule has 1 aromatic carbocycles. The monoisotopic (exact) mass is 454 g/mol. The van der Waals surface area contributed by atoms with Gasteiger partial charge in [-0.1, -0.05) is 42.2 Å². The zero-order valence-corrected chi connectivity index (χ0v) is 18.2. The normalized spacial score (nSPS) is 18.8. The van der Waals surface area contributed by atoms with Crippen LogP contribution in [0.4, 0.5) is 10.8 Å². The SMILES string of the molecule is CCSc1nnc(N2C(N)=C(C#N)C(c3cccc([N+](=O)[O-])c3)C3=C2CCCC3=O)s1. The fraction of sp³-hybridized carbons (Fsp3) is 0.300. The molecule has 0 spiro atoms. The van der Waals surface area contributed by atoms with Crippen molar-refractivity contribution in [1.82, 2.24) is 10.2 Å². The Bertz CT molecular complexity index is 1180. The number of rotatable bonds is 5. The maximum absolute atomic E-state index is 13.1. The molecule has 0 radical (unpaired) electrons. The molecule has 1 unspecified atom stereocenters. The van der Waals surface area contributed by atoms with Crippen LogP contribution in [-0.2, 0) is 4.79 Å². The van der Waals surface area contributed by atoms with Crippen LogP contribution in [0.2, 0.25) is 0 Å². The van der Waals surface area contributed by atoms with Gasteiger partial charge in [-0.05, 0) is 24.2 Å². The van der Waals surface area contributed by atoms with E-state index in [1.807, 2.05) is 6.92 Å². The average Bonchev–Trinajstić information content (AvgIpc) is 3.21. The molecular weight excluding hydrogens is 436 g/mol. The molecule has 1 aliphatic carbocycles. The number of non-ortho nitro benzene ring substituents is 1. The first-order valence-corrected chi connectivity index (χ1v) is 11.4. The highest BCUT2D eigenvalue weighted by Gasteiger charge is 2.41. The van der Waals surface area contributed by atoms with Gasteiger partial charge in [-0.3, -0.25) is 19.8 Å². The number of aromatic nitrogens is 2. The third-order valence-corrected chi connectivity index (χ3v) is 7.11. The highest BCUT2D eigenvalue weighted by molar-refractivity contribution is 8.01. The van der Waals surface area contributed by atoms with E-state index < -0.39 is 10.8 Å². The molecule has 4 rings (SSSR count). The summed E-state index contributed by atoms with van der Waals surface area (Å²) in [6.07, 6.45) is 1.59. The minimum atomic E-state index is -0.749. The second kappa shape index (κ2) is 8.49. The van der Waals surface area contributed by atoms with Crippen molar-refractivity contribution in [1.29, 1.82) is 5.26 Å². The molecule has 2 N–H and O–H groups in total. The highest BCUT2D eigenvalue weighted by atomic mass is 32.2. The zero-order chi connectivity index (χ0) is 22.1. The lowest BCUT2D eigenvalue weighted by atomic mass is 9.75. The number of nitriles is 1. The Balaban J connectivity index is 1.91. The van der Waals surface area contributed by atoms with E-state index in [-0.39, 0.29) is 22.9 Å². The largest absolute Gasteiger partial charge is 0.384 e. The van der Waals surface area contributed by atoms with Gasteiger partial charge in [0.15, 0.2) is 10.1 Å². The van der Waals surface area contributed by atoms with E-state index in [2.05, 4.69) is 16.3 Å². The number of carbonyl (C=O) groups excluding carboxylic acids is 1. The van der Waals surface area contributed by atoms with E-state index in [0.29, 0.717) is 41.2 Å². The number of nitro benzene ring substituents is 1. The second-order valence-corrected chi connectivity index (χ2v) is 9.42. The van der Waals surface area contributed by atoms with Crippen molar-refractivity contribution in [3.8, 4) is 6.07 Å². The van der Waals surface area contributed by atoms with Gasteiger partial charge in [-0.15, -0.1) is 10.2 Å². The topological polar surface area (TPSA) is 139 Å². The number of hydrogen-bond acceptors (Lipinski definition) is 10. The maximum Gasteiger partial charge on any atom is 0.269 e. The predicted molar refractivity (Wildman–Crippen MR) is 117 cm³/mol. The molecule has 1 atom stereocenters. The first kappa shape index (κ1) is 21.0. The van der Waals surface area contributed by atoms with Crippen LogP contribution in [0, 0.1) is 21.4 Å². The molecule has 2 aliphatic rings. The number of nitro groups is 1. The summed E-state index contributed by atoms with van der Waals surface area (Å²) in [6.45, 7) is 2.01. The van der Waals surface area contributed by atoms with Gasteiger partial charge in [0.2, 0.25) is 5.13 Å². The quantitative estimate of drug-likeness (QED) is 0.405. The van der Waals surface area contributed by atoms with Gasteiger partial charge in [0.1, 0.15) is 5.82 Å². The zero-order valence-electron chi connectivity index (χ0n) is 16.6. The van der Waals surface area contributed by atoms with Gasteiger partial charge in [0, 0.05) is 29.8 Å². The lowest BCUT2D eigenvalue weighted by molar-refractivity contribution is -0.384. The summed E-state index contributed by atoms with van der Waals surface area (Å²) >= 11 is 2.90. The maximum atomic E-state index is 13.1. The van der Waals surface area contributed by atoms with Crippen LogP contribution in [0.1, 0.15) is 37.7 Å². The molecule has 1 aromatic heterocycles. The van der Waals surface area contributed by atoms with E-state index >= 15 is 0 Å². The predicted octanol–water partition coefficient (Wildman–Crippen LogP) is 3.86. The summed E-state index contributed by atoms with van der Waals surface area (Å²) < 4.78 is 0.772. The summed E-state index contributed by atoms with van der Waals surface area (Å²) in [5.74, 6) is 0.179. The summed E-state index contributed by atoms with van der Waals surface area (Å²) in [6, 6.07) is 8.16. The molecule has 2 aromatic rings. The lowest BCUT2D eigenvalue weighted by Gasteiger charge is -2.38. The van der Waals surface area contributed by atoms with Crippen molar-refractivity contribution < 1.29 is 9.72 Å². The van der Waals surface area contributed by atoms with Gasteiger partial charge in [-0.2, -0.15) is 5.26 Å². The fourth-order valence-electron chi connectivity index (χ4n) is 3.93. The Labute approximate surface area is 186 Å². The number of hydrogen-bond donors (Lipinski definition) is 1. The van der Waals surface area contributed by atoms with E-state index in [1.165, 1.54) is 23.5 Å². The van der Waals surface area contributed by atoms with Crippen LogP contribution in [0.25, 0.3) is 0 Å². The number of anilines is 1. The van der Waals surface area contributed by atoms with Crippen molar-refractivity contribution >= 4 is 39.7 Å². The summed E-state index contributed by atoms with van der Waals surface area (Å²) in [7, 11) is 0. The first-order valence-electron chi connectivity index (χ1n) is 9.63. The van der Waals surface area contributed by atoms with Crippen molar-refractivity contribution in [2.45, 2.75) is 36.4 Å². The molecule has 0 saturated heterocycles. The van der Waals surface area contributed by atoms with Crippen LogP contribution < -0.4 is 10.6 Å². The molecule has 9 nitrogen and oxygen atoms in total. The molecule has 11 heteroatoms. The number of nitrogens with two attached hydrogens (primary N) is 1. The summed E-state index contributed by atoms with van der Waals surface area (Å²) in [4.78, 5) is 25.5. The molecule has 2 heterocycles. The van der Waals surface area contributed by atoms with Crippen LogP contribution in [0.15, 0.2) is 51.3 Å². The second-order valence-electron chi connectivity index (χ2n) is 6.95. The Morgan fingerprint density at radius 1 is 1.42 bits per heavy atom. The van der Waals surface area contributed by atoms with Crippen molar-refractivity contribution in [2.75, 3.05) is 10.7 Å². The lowest BCUT2D eigenvalue weighted by Crippen LogP contribution is -2.38. The number of allylic oxidation sites excluding steroid dienone is 3. The molecule has 0 fully saturated rings. The fourth-order valence-corrected chi connectivity index (χ4v) is 5.71. The Morgan fingerprint density at radius 3 is 2.94 bits per heavy atom. The summed E-state index contributed by atoms with van der Waals surface area (Å²) in [5, 5.41) is 30.2. The van der Waals surface area contributed by atoms with Gasteiger partial charge >= 0.3 is 0 Å². The third-order valence-electron chi connectivity index (χ3n) is 5.18. The minimum absolute atomic E-state index is 0.0873. The third kappa shape index (κ3) is 3.68. The molecule has 0 bridgehead atoms. The minimum Gasteiger partial charge on any atom is -0.384 e. The van der Waals surface area contributed by atoms with Crippen molar-refractivity contribution in [3.63, 3.8) is 0 Å². The van der Waals surface area contributed by atoms with Crippen molar-refractivity contribution in [3.05, 3.63) is 62.6 Å². The number of nitrogens with zero attached hydrogens (tertiary/aromatic N) is 5. The van der Waals surface area contributed by atoms with E-state index in [1.54, 1.807) is 28.8 Å². The average molecular weight is 455 g/mol. The van der Waals surface area contributed by atoms with Gasteiger partial charge in [-0.25, -0.2) is 0 Å². The Kier molecular flexibility index (Phi) is 5.75. The standard InChI is InChI=1S/C20H18N6O3S2/c1-2-30-20-24-23-19(31-20)25-14-7-4-8-15(27)17(14)16(13(10-21)18(25)22)11-5-3-6-12(9-11)26(28)29/h3,5-6,9,16H,2,4,7-8,22H2,1H3. The number of Topliss-reactive ketones (excluding diaryl/α,β-unsaturated/α-hetero) is 1. The molecule has 0 amide bonds. The summed E-state index contributed by atoms with van der Waals surface area (Å²) in [5.41, 5.74) is 8.17. The van der Waals surface area contributed by atoms with E-state index in [9.17, 15) is 20.2 Å². The van der Waals surface area contributed by atoms with Crippen LogP contribution in [-0.4, -0.2) is 26.7 Å². The van der Waals surface area contributed by atoms with Crippen LogP contribution in [0.3, 0.4) is 0 Å².